The molecule has 0 aliphatic rings. The molecule has 2 rings (SSSR count). The molecule has 1 N–H and O–H groups in total. The quantitative estimate of drug-likeness (QED) is 0.811. The van der Waals surface area contributed by atoms with Crippen molar-refractivity contribution in [2.45, 2.75) is 0 Å². The summed E-state index contributed by atoms with van der Waals surface area (Å²) in [7, 11) is 0. The van der Waals surface area contributed by atoms with Crippen LogP contribution in [0.25, 0.3) is 20.8 Å². The van der Waals surface area contributed by atoms with Crippen molar-refractivity contribution in [1.29, 1.82) is 0 Å². The van der Waals surface area contributed by atoms with E-state index in [9.17, 15) is 9.90 Å². The van der Waals surface area contributed by atoms with Gasteiger partial charge in [-0.3, -0.25) is 0 Å². The van der Waals surface area contributed by atoms with Crippen molar-refractivity contribution in [2.24, 2.45) is 0 Å². The van der Waals surface area contributed by atoms with E-state index in [2.05, 4.69) is 9.69 Å². The molecule has 0 amide bonds. The maximum atomic E-state index is 11.2. The van der Waals surface area contributed by atoms with E-state index in [0.29, 0.717) is 22.5 Å². The minimum atomic E-state index is -1.08. The summed E-state index contributed by atoms with van der Waals surface area (Å²) >= 11 is 0. The number of carbonyl (C=O) groups is 1. The summed E-state index contributed by atoms with van der Waals surface area (Å²) in [6.07, 6.45) is 0. The smallest absolute Gasteiger partial charge is 0.336 e. The summed E-state index contributed by atoms with van der Waals surface area (Å²) in [5.74, 6) is -1.08. The fourth-order valence-corrected chi connectivity index (χ4v) is 1.81. The van der Waals surface area contributed by atoms with Crippen LogP contribution in [0.1, 0.15) is 10.4 Å². The lowest BCUT2D eigenvalue weighted by atomic mass is 9.97. The molecule has 90 valence electrons. The number of carboxylic acids is 1. The van der Waals surface area contributed by atoms with E-state index in [4.69, 9.17) is 13.1 Å². The van der Waals surface area contributed by atoms with Crippen LogP contribution in [0.4, 0.5) is 11.4 Å². The van der Waals surface area contributed by atoms with Crippen LogP contribution in [-0.2, 0) is 0 Å². The summed E-state index contributed by atoms with van der Waals surface area (Å²) in [5, 5.41) is 9.20. The molecule has 0 fully saturated rings. The third kappa shape index (κ3) is 2.29. The van der Waals surface area contributed by atoms with E-state index in [1.807, 2.05) is 0 Å². The molecule has 0 heterocycles. The van der Waals surface area contributed by atoms with Crippen LogP contribution in [0.3, 0.4) is 0 Å². The molecule has 0 bridgehead atoms. The second kappa shape index (κ2) is 5.03. The first-order valence-corrected chi connectivity index (χ1v) is 5.39. The molecule has 0 atom stereocenters. The number of para-hydroxylation sites is 1. The number of carboxylic acid groups (broad SMARTS) is 1. The maximum absolute atomic E-state index is 11.2. The van der Waals surface area contributed by atoms with Crippen LogP contribution >= 0.6 is 0 Å². The van der Waals surface area contributed by atoms with E-state index in [1.165, 1.54) is 18.2 Å². The van der Waals surface area contributed by atoms with Gasteiger partial charge in [-0.2, -0.15) is 0 Å². The van der Waals surface area contributed by atoms with Gasteiger partial charge >= 0.3 is 5.97 Å². The molecule has 4 nitrogen and oxygen atoms in total. The minimum Gasteiger partial charge on any atom is -0.478 e. The molecule has 0 radical (unpaired) electrons. The van der Waals surface area contributed by atoms with Crippen LogP contribution in [0.15, 0.2) is 42.5 Å². The Morgan fingerprint density at radius 2 is 1.74 bits per heavy atom. The van der Waals surface area contributed by atoms with Gasteiger partial charge in [-0.1, -0.05) is 36.4 Å². The van der Waals surface area contributed by atoms with Crippen LogP contribution in [0.2, 0.25) is 0 Å². The molecular weight excluding hydrogens is 240 g/mol. The monoisotopic (exact) mass is 248 g/mol. The summed E-state index contributed by atoms with van der Waals surface area (Å²) in [4.78, 5) is 17.9. The predicted molar refractivity (Wildman–Crippen MR) is 71.4 cm³/mol. The van der Waals surface area contributed by atoms with Gasteiger partial charge in [0.25, 0.3) is 0 Å². The van der Waals surface area contributed by atoms with Crippen molar-refractivity contribution in [3.8, 4) is 11.1 Å². The van der Waals surface area contributed by atoms with Crippen molar-refractivity contribution in [2.75, 3.05) is 0 Å². The zero-order chi connectivity index (χ0) is 13.8. The molecular formula is C15H8N2O2. The highest BCUT2D eigenvalue weighted by Gasteiger charge is 2.14. The Labute approximate surface area is 110 Å². The molecule has 0 aromatic heterocycles. The normalized spacial score (nSPS) is 9.37. The first-order valence-electron chi connectivity index (χ1n) is 5.39. The fraction of sp³-hybridized carbons (Fsp3) is 0. The average Bonchev–Trinajstić information content (AvgIpc) is 2.46. The molecule has 2 aromatic carbocycles. The van der Waals surface area contributed by atoms with Gasteiger partial charge in [0, 0.05) is 0 Å². The van der Waals surface area contributed by atoms with E-state index in [-0.39, 0.29) is 5.56 Å². The number of hydrogen-bond acceptors (Lipinski definition) is 1. The van der Waals surface area contributed by atoms with Crippen LogP contribution < -0.4 is 0 Å². The average molecular weight is 248 g/mol. The highest BCUT2D eigenvalue weighted by atomic mass is 16.4. The molecule has 0 saturated carbocycles. The van der Waals surface area contributed by atoms with Crippen LogP contribution in [0, 0.1) is 13.1 Å². The minimum absolute atomic E-state index is 0.0866. The highest BCUT2D eigenvalue weighted by Crippen LogP contribution is 2.34. The number of hydrogen-bond donors (Lipinski definition) is 1. The summed E-state index contributed by atoms with van der Waals surface area (Å²) in [6.45, 7) is 14.1. The Morgan fingerprint density at radius 1 is 1.00 bits per heavy atom. The zero-order valence-corrected chi connectivity index (χ0v) is 9.79. The first-order chi connectivity index (χ1) is 9.17. The summed E-state index contributed by atoms with van der Waals surface area (Å²) in [6, 6.07) is 11.1. The van der Waals surface area contributed by atoms with Gasteiger partial charge in [-0.15, -0.1) is 0 Å². The molecule has 0 spiro atoms. The standard InChI is InChI=1S/C15H8N2O2/c1-16-10-7-8-12(15(18)19)13(9-10)11-5-3-4-6-14(11)17-2/h3-9H,(H,18,19). The van der Waals surface area contributed by atoms with Crippen molar-refractivity contribution in [1.82, 2.24) is 0 Å². The second-order valence-electron chi connectivity index (χ2n) is 3.78. The largest absolute Gasteiger partial charge is 0.478 e. The summed E-state index contributed by atoms with van der Waals surface area (Å²) < 4.78 is 0. The molecule has 2 aromatic rings. The Hall–Kier alpha value is -3.11. The third-order valence-corrected chi connectivity index (χ3v) is 2.68. The maximum Gasteiger partial charge on any atom is 0.336 e. The Kier molecular flexibility index (Phi) is 3.27. The van der Waals surface area contributed by atoms with Crippen LogP contribution in [-0.4, -0.2) is 11.1 Å². The van der Waals surface area contributed by atoms with Gasteiger partial charge in [0.1, 0.15) is 0 Å². The van der Waals surface area contributed by atoms with Gasteiger partial charge in [0.2, 0.25) is 0 Å². The van der Waals surface area contributed by atoms with E-state index in [1.54, 1.807) is 24.3 Å². The lowest BCUT2D eigenvalue weighted by Crippen LogP contribution is -1.99. The lowest BCUT2D eigenvalue weighted by Gasteiger charge is -2.08. The molecule has 0 aliphatic carbocycles. The second-order valence-corrected chi connectivity index (χ2v) is 3.78. The predicted octanol–water partition coefficient (Wildman–Crippen LogP) is 4.15. The van der Waals surface area contributed by atoms with Crippen molar-refractivity contribution < 1.29 is 9.90 Å². The number of nitrogens with zero attached hydrogens (tertiary/aromatic N) is 2. The van der Waals surface area contributed by atoms with Crippen molar-refractivity contribution in [3.05, 3.63) is 70.9 Å². The van der Waals surface area contributed by atoms with E-state index >= 15 is 0 Å². The Bertz CT molecular complexity index is 737. The lowest BCUT2D eigenvalue weighted by molar-refractivity contribution is 0.0698. The molecule has 0 unspecified atom stereocenters. The van der Waals surface area contributed by atoms with Gasteiger partial charge in [-0.25, -0.2) is 14.5 Å². The molecule has 19 heavy (non-hydrogen) atoms. The van der Waals surface area contributed by atoms with Gasteiger partial charge in [0.15, 0.2) is 11.4 Å². The Morgan fingerprint density at radius 3 is 2.37 bits per heavy atom. The number of benzene rings is 2. The SMILES string of the molecule is [C-]#[N+]c1ccc(C(=O)O)c(-c2ccccc2[N+]#[C-])c1. The molecule has 0 aliphatic heterocycles. The molecule has 4 heteroatoms. The Balaban J connectivity index is 2.77. The number of rotatable bonds is 2. The highest BCUT2D eigenvalue weighted by molar-refractivity contribution is 5.99. The van der Waals surface area contributed by atoms with Gasteiger partial charge in [0.05, 0.1) is 18.7 Å². The fourth-order valence-electron chi connectivity index (χ4n) is 1.81. The summed E-state index contributed by atoms with van der Waals surface area (Å²) in [5.41, 5.74) is 1.73. The first kappa shape index (κ1) is 12.3. The third-order valence-electron chi connectivity index (χ3n) is 2.68. The van der Waals surface area contributed by atoms with Crippen LogP contribution in [0.5, 0.6) is 0 Å². The van der Waals surface area contributed by atoms with E-state index in [0.717, 1.165) is 0 Å². The van der Waals surface area contributed by atoms with Gasteiger partial charge in [-0.05, 0) is 17.2 Å². The molecule has 0 saturated heterocycles. The zero-order valence-electron chi connectivity index (χ0n) is 9.79. The van der Waals surface area contributed by atoms with E-state index < -0.39 is 5.97 Å². The topological polar surface area (TPSA) is 46.0 Å². The van der Waals surface area contributed by atoms with Gasteiger partial charge < -0.3 is 5.11 Å². The van der Waals surface area contributed by atoms with Crippen molar-refractivity contribution >= 4 is 17.3 Å². The van der Waals surface area contributed by atoms with Crippen molar-refractivity contribution in [3.63, 3.8) is 0 Å². The number of aromatic carboxylic acids is 1.